The largest absolute Gasteiger partial charge is 0.337 e. The van der Waals surface area contributed by atoms with E-state index >= 15 is 0 Å². The Kier molecular flexibility index (Phi) is 5.02. The monoisotopic (exact) mass is 345 g/mol. The molecule has 1 aromatic heterocycles. The van der Waals surface area contributed by atoms with Gasteiger partial charge < -0.3 is 9.80 Å². The van der Waals surface area contributed by atoms with Crippen LogP contribution in [0.25, 0.3) is 0 Å². The van der Waals surface area contributed by atoms with Gasteiger partial charge in [0.2, 0.25) is 0 Å². The molecule has 2 heterocycles. The first-order valence-electron chi connectivity index (χ1n) is 8.01. The molecule has 0 aliphatic carbocycles. The predicted molar refractivity (Wildman–Crippen MR) is 87.0 cm³/mol. The third-order valence-corrected chi connectivity index (χ3v) is 4.12. The second-order valence-corrected chi connectivity index (χ2v) is 5.78. The van der Waals surface area contributed by atoms with Crippen LogP contribution in [-0.2, 0) is 0 Å². The van der Waals surface area contributed by atoms with E-state index in [-0.39, 0.29) is 18.0 Å². The van der Waals surface area contributed by atoms with Crippen LogP contribution in [-0.4, -0.2) is 52.8 Å². The number of amides is 2. The van der Waals surface area contributed by atoms with E-state index in [9.17, 15) is 18.4 Å². The van der Waals surface area contributed by atoms with Crippen LogP contribution in [0.2, 0.25) is 0 Å². The number of hydrogen-bond acceptors (Lipinski definition) is 3. The summed E-state index contributed by atoms with van der Waals surface area (Å²) in [6.45, 7) is 1.52. The van der Waals surface area contributed by atoms with E-state index in [0.29, 0.717) is 37.8 Å². The van der Waals surface area contributed by atoms with E-state index in [2.05, 4.69) is 4.98 Å². The molecule has 0 spiro atoms. The Morgan fingerprint density at radius 2 is 1.64 bits per heavy atom. The minimum absolute atomic E-state index is 0.161. The maximum atomic E-state index is 13.8. The van der Waals surface area contributed by atoms with Crippen LogP contribution >= 0.6 is 0 Å². The topological polar surface area (TPSA) is 53.5 Å². The average Bonchev–Trinajstić information content (AvgIpc) is 2.87. The molecule has 0 unspecified atom stereocenters. The summed E-state index contributed by atoms with van der Waals surface area (Å²) in [5.74, 6) is -2.29. The van der Waals surface area contributed by atoms with E-state index in [0.717, 1.165) is 12.1 Å². The Bertz CT molecular complexity index is 783. The minimum atomic E-state index is -0.879. The summed E-state index contributed by atoms with van der Waals surface area (Å²) in [6.07, 6.45) is 2.13. The molecule has 1 saturated heterocycles. The number of rotatable bonds is 2. The van der Waals surface area contributed by atoms with Gasteiger partial charge in [0.05, 0.1) is 5.56 Å². The maximum absolute atomic E-state index is 13.8. The molecule has 0 radical (unpaired) electrons. The van der Waals surface area contributed by atoms with Crippen molar-refractivity contribution in [2.75, 3.05) is 26.2 Å². The summed E-state index contributed by atoms with van der Waals surface area (Å²) in [4.78, 5) is 32.1. The summed E-state index contributed by atoms with van der Waals surface area (Å²) in [5.41, 5.74) is 0.192. The van der Waals surface area contributed by atoms with Gasteiger partial charge in [-0.1, -0.05) is 6.07 Å². The Morgan fingerprint density at radius 3 is 2.28 bits per heavy atom. The highest BCUT2D eigenvalue weighted by Crippen LogP contribution is 2.15. The van der Waals surface area contributed by atoms with Gasteiger partial charge in [-0.05, 0) is 30.7 Å². The molecule has 0 atom stereocenters. The summed E-state index contributed by atoms with van der Waals surface area (Å²) in [6, 6.07) is 8.02. The number of carbonyl (C=O) groups excluding carboxylic acids is 2. The van der Waals surface area contributed by atoms with Gasteiger partial charge in [-0.3, -0.25) is 14.6 Å². The SMILES string of the molecule is O=C(c1ccccn1)N1CCCN(C(=O)c2ccc(F)cc2F)CC1. The Balaban J connectivity index is 1.69. The fourth-order valence-electron chi connectivity index (χ4n) is 2.81. The maximum Gasteiger partial charge on any atom is 0.272 e. The van der Waals surface area contributed by atoms with E-state index in [1.165, 1.54) is 4.90 Å². The summed E-state index contributed by atoms with van der Waals surface area (Å²) in [7, 11) is 0. The van der Waals surface area contributed by atoms with E-state index in [4.69, 9.17) is 0 Å². The first-order chi connectivity index (χ1) is 12.1. The number of nitrogens with zero attached hydrogens (tertiary/aromatic N) is 3. The van der Waals surface area contributed by atoms with Crippen molar-refractivity contribution in [2.24, 2.45) is 0 Å². The lowest BCUT2D eigenvalue weighted by molar-refractivity contribution is 0.0713. The zero-order chi connectivity index (χ0) is 17.8. The molecule has 3 rings (SSSR count). The van der Waals surface area contributed by atoms with Gasteiger partial charge in [-0.25, -0.2) is 8.78 Å². The molecule has 1 fully saturated rings. The van der Waals surface area contributed by atoms with Gasteiger partial charge in [0.15, 0.2) is 0 Å². The van der Waals surface area contributed by atoms with Gasteiger partial charge in [-0.15, -0.1) is 0 Å². The highest BCUT2D eigenvalue weighted by atomic mass is 19.1. The van der Waals surface area contributed by atoms with Crippen LogP contribution < -0.4 is 0 Å². The minimum Gasteiger partial charge on any atom is -0.337 e. The Labute approximate surface area is 143 Å². The standard InChI is InChI=1S/C18H17F2N3O2/c19-13-5-6-14(15(20)12-13)17(24)22-8-3-9-23(11-10-22)18(25)16-4-1-2-7-21-16/h1-2,4-7,12H,3,8-11H2. The van der Waals surface area contributed by atoms with Gasteiger partial charge in [0.25, 0.3) is 11.8 Å². The Hall–Kier alpha value is -2.83. The van der Waals surface area contributed by atoms with Crippen molar-refractivity contribution in [3.05, 3.63) is 65.5 Å². The fraction of sp³-hybridized carbons (Fsp3) is 0.278. The molecule has 1 aliphatic rings. The average molecular weight is 345 g/mol. The summed E-state index contributed by atoms with van der Waals surface area (Å²) in [5, 5.41) is 0. The predicted octanol–water partition coefficient (Wildman–Crippen LogP) is 2.35. The lowest BCUT2D eigenvalue weighted by atomic mass is 10.1. The van der Waals surface area contributed by atoms with Gasteiger partial charge >= 0.3 is 0 Å². The molecule has 2 amide bonds. The number of aromatic nitrogens is 1. The van der Waals surface area contributed by atoms with Crippen molar-refractivity contribution < 1.29 is 18.4 Å². The zero-order valence-electron chi connectivity index (χ0n) is 13.5. The smallest absolute Gasteiger partial charge is 0.272 e. The van der Waals surface area contributed by atoms with Crippen LogP contribution in [0, 0.1) is 11.6 Å². The van der Waals surface area contributed by atoms with Gasteiger partial charge in [0, 0.05) is 38.4 Å². The van der Waals surface area contributed by atoms with Crippen LogP contribution in [0.4, 0.5) is 8.78 Å². The molecular formula is C18H17F2N3O2. The van der Waals surface area contributed by atoms with Crippen molar-refractivity contribution in [3.63, 3.8) is 0 Å². The van der Waals surface area contributed by atoms with Gasteiger partial charge in [0.1, 0.15) is 17.3 Å². The van der Waals surface area contributed by atoms with Crippen LogP contribution in [0.3, 0.4) is 0 Å². The fourth-order valence-corrected chi connectivity index (χ4v) is 2.81. The molecule has 7 heteroatoms. The third-order valence-electron chi connectivity index (χ3n) is 4.12. The van der Waals surface area contributed by atoms with Crippen LogP contribution in [0.15, 0.2) is 42.6 Å². The first-order valence-corrected chi connectivity index (χ1v) is 8.01. The molecule has 0 saturated carbocycles. The summed E-state index contributed by atoms with van der Waals surface area (Å²) >= 11 is 0. The normalized spacial score (nSPS) is 15.0. The van der Waals surface area contributed by atoms with Crippen molar-refractivity contribution in [1.29, 1.82) is 0 Å². The molecule has 1 aliphatic heterocycles. The van der Waals surface area contributed by atoms with E-state index < -0.39 is 17.5 Å². The lowest BCUT2D eigenvalue weighted by Crippen LogP contribution is -2.37. The van der Waals surface area contributed by atoms with Crippen LogP contribution in [0.1, 0.15) is 27.3 Å². The summed E-state index contributed by atoms with van der Waals surface area (Å²) < 4.78 is 26.8. The number of benzene rings is 1. The molecule has 0 bridgehead atoms. The second kappa shape index (κ2) is 7.38. The van der Waals surface area contributed by atoms with Gasteiger partial charge in [-0.2, -0.15) is 0 Å². The number of carbonyl (C=O) groups is 2. The first kappa shape index (κ1) is 17.0. The molecule has 25 heavy (non-hydrogen) atoms. The highest BCUT2D eigenvalue weighted by molar-refractivity contribution is 5.95. The molecular weight excluding hydrogens is 328 g/mol. The molecule has 0 N–H and O–H groups in total. The van der Waals surface area contributed by atoms with E-state index in [1.54, 1.807) is 29.3 Å². The van der Waals surface area contributed by atoms with Crippen molar-refractivity contribution in [1.82, 2.24) is 14.8 Å². The van der Waals surface area contributed by atoms with Crippen molar-refractivity contribution in [3.8, 4) is 0 Å². The molecule has 1 aromatic carbocycles. The van der Waals surface area contributed by atoms with Crippen molar-refractivity contribution in [2.45, 2.75) is 6.42 Å². The number of pyridine rings is 1. The number of halogens is 2. The van der Waals surface area contributed by atoms with E-state index in [1.807, 2.05) is 0 Å². The molecule has 130 valence electrons. The third kappa shape index (κ3) is 3.81. The quantitative estimate of drug-likeness (QED) is 0.840. The highest BCUT2D eigenvalue weighted by Gasteiger charge is 2.25. The zero-order valence-corrected chi connectivity index (χ0v) is 13.5. The Morgan fingerprint density at radius 1 is 0.920 bits per heavy atom. The molecule has 5 nitrogen and oxygen atoms in total. The van der Waals surface area contributed by atoms with Crippen molar-refractivity contribution >= 4 is 11.8 Å². The lowest BCUT2D eigenvalue weighted by Gasteiger charge is -2.22. The second-order valence-electron chi connectivity index (χ2n) is 5.78. The molecule has 2 aromatic rings. The number of hydrogen-bond donors (Lipinski definition) is 0. The van der Waals surface area contributed by atoms with Crippen LogP contribution in [0.5, 0.6) is 0 Å².